The van der Waals surface area contributed by atoms with E-state index in [-0.39, 0.29) is 18.1 Å². The number of rotatable bonds is 7. The highest BCUT2D eigenvalue weighted by molar-refractivity contribution is 5.80. The van der Waals surface area contributed by atoms with E-state index in [2.05, 4.69) is 12.2 Å². The third-order valence-electron chi connectivity index (χ3n) is 3.72. The molecule has 0 aromatic heterocycles. The Bertz CT molecular complexity index is 246. The van der Waals surface area contributed by atoms with E-state index in [1.165, 1.54) is 12.8 Å². The second-order valence-electron chi connectivity index (χ2n) is 5.24. The van der Waals surface area contributed by atoms with Crippen LogP contribution in [0.3, 0.4) is 0 Å². The van der Waals surface area contributed by atoms with Crippen LogP contribution >= 0.6 is 0 Å². The maximum atomic E-state index is 11.8. The fourth-order valence-electron chi connectivity index (χ4n) is 2.48. The van der Waals surface area contributed by atoms with Gasteiger partial charge >= 0.3 is 0 Å². The molecule has 1 aliphatic rings. The summed E-state index contributed by atoms with van der Waals surface area (Å²) in [5.41, 5.74) is 5.76. The van der Waals surface area contributed by atoms with Crippen LogP contribution in [0.2, 0.25) is 0 Å². The topological polar surface area (TPSA) is 64.3 Å². The molecule has 18 heavy (non-hydrogen) atoms. The van der Waals surface area contributed by atoms with Gasteiger partial charge in [0.1, 0.15) is 6.10 Å². The number of ether oxygens (including phenoxy) is 1. The van der Waals surface area contributed by atoms with Gasteiger partial charge in [0.15, 0.2) is 0 Å². The van der Waals surface area contributed by atoms with Gasteiger partial charge in [-0.2, -0.15) is 0 Å². The van der Waals surface area contributed by atoms with Crippen molar-refractivity contribution in [2.75, 3.05) is 13.1 Å². The zero-order valence-corrected chi connectivity index (χ0v) is 11.8. The minimum Gasteiger partial charge on any atom is -0.365 e. The predicted molar refractivity (Wildman–Crippen MR) is 73.3 cm³/mol. The Morgan fingerprint density at radius 1 is 1.44 bits per heavy atom. The van der Waals surface area contributed by atoms with Crippen molar-refractivity contribution in [2.24, 2.45) is 11.7 Å². The van der Waals surface area contributed by atoms with Gasteiger partial charge in [0.2, 0.25) is 5.91 Å². The molecule has 0 saturated heterocycles. The van der Waals surface area contributed by atoms with E-state index in [1.54, 1.807) is 0 Å². The quantitative estimate of drug-likeness (QED) is 0.683. The normalized spacial score (nSPS) is 25.7. The lowest BCUT2D eigenvalue weighted by molar-refractivity contribution is -0.139. The summed E-state index contributed by atoms with van der Waals surface area (Å²) < 4.78 is 5.90. The van der Waals surface area contributed by atoms with Crippen LogP contribution in [-0.4, -0.2) is 31.2 Å². The lowest BCUT2D eigenvalue weighted by Crippen LogP contribution is -2.41. The number of carbonyl (C=O) groups excluding carboxylic acids is 1. The number of carbonyl (C=O) groups is 1. The fraction of sp³-hybridized carbons (Fsp3) is 0.929. The monoisotopic (exact) mass is 256 g/mol. The number of amides is 1. The van der Waals surface area contributed by atoms with Gasteiger partial charge in [-0.25, -0.2) is 0 Å². The van der Waals surface area contributed by atoms with Gasteiger partial charge in [-0.15, -0.1) is 0 Å². The first-order chi connectivity index (χ1) is 8.69. The molecular weight excluding hydrogens is 228 g/mol. The van der Waals surface area contributed by atoms with Crippen molar-refractivity contribution in [3.63, 3.8) is 0 Å². The van der Waals surface area contributed by atoms with E-state index in [9.17, 15) is 4.79 Å². The van der Waals surface area contributed by atoms with Crippen LogP contribution in [0.1, 0.15) is 52.4 Å². The van der Waals surface area contributed by atoms with E-state index < -0.39 is 0 Å². The summed E-state index contributed by atoms with van der Waals surface area (Å²) in [6.07, 6.45) is 6.50. The standard InChI is InChI=1S/C14H28N2O2/c1-3-4-9-16-14(17)11(2)18-13-8-6-5-7-12(13)10-15/h11-13H,3-10,15H2,1-2H3,(H,16,17). The largest absolute Gasteiger partial charge is 0.365 e. The molecule has 1 fully saturated rings. The first-order valence-corrected chi connectivity index (χ1v) is 7.32. The van der Waals surface area contributed by atoms with Crippen LogP contribution in [0.4, 0.5) is 0 Å². The molecule has 4 nitrogen and oxygen atoms in total. The van der Waals surface area contributed by atoms with Crippen molar-refractivity contribution in [1.29, 1.82) is 0 Å². The molecule has 3 unspecified atom stereocenters. The SMILES string of the molecule is CCCCNC(=O)C(C)OC1CCCCC1CN. The van der Waals surface area contributed by atoms with Crippen LogP contribution in [0, 0.1) is 5.92 Å². The highest BCUT2D eigenvalue weighted by Crippen LogP contribution is 2.26. The smallest absolute Gasteiger partial charge is 0.248 e. The number of hydrogen-bond donors (Lipinski definition) is 2. The lowest BCUT2D eigenvalue weighted by atomic mass is 9.86. The van der Waals surface area contributed by atoms with Crippen LogP contribution < -0.4 is 11.1 Å². The average Bonchev–Trinajstić information content (AvgIpc) is 2.39. The third-order valence-corrected chi connectivity index (χ3v) is 3.72. The number of nitrogens with one attached hydrogen (secondary N) is 1. The average molecular weight is 256 g/mol. The van der Waals surface area contributed by atoms with E-state index in [0.29, 0.717) is 12.5 Å². The van der Waals surface area contributed by atoms with E-state index >= 15 is 0 Å². The molecule has 0 bridgehead atoms. The number of nitrogens with two attached hydrogens (primary N) is 1. The Labute approximate surface area is 111 Å². The Morgan fingerprint density at radius 2 is 2.17 bits per heavy atom. The molecule has 4 heteroatoms. The van der Waals surface area contributed by atoms with Crippen LogP contribution in [0.5, 0.6) is 0 Å². The minimum absolute atomic E-state index is 0.00444. The van der Waals surface area contributed by atoms with Crippen molar-refractivity contribution in [2.45, 2.75) is 64.6 Å². The van der Waals surface area contributed by atoms with Gasteiger partial charge in [-0.3, -0.25) is 4.79 Å². The molecule has 1 rings (SSSR count). The Kier molecular flexibility index (Phi) is 7.28. The Hall–Kier alpha value is -0.610. The van der Waals surface area contributed by atoms with E-state index in [4.69, 9.17) is 10.5 Å². The number of unbranched alkanes of at least 4 members (excludes halogenated alkanes) is 1. The van der Waals surface area contributed by atoms with Crippen LogP contribution in [0.25, 0.3) is 0 Å². The Balaban J connectivity index is 2.32. The molecule has 0 aliphatic heterocycles. The maximum absolute atomic E-state index is 11.8. The number of hydrogen-bond acceptors (Lipinski definition) is 3. The summed E-state index contributed by atoms with van der Waals surface area (Å²) in [6.45, 7) is 5.35. The van der Waals surface area contributed by atoms with Gasteiger partial charge in [0.25, 0.3) is 0 Å². The zero-order chi connectivity index (χ0) is 13.4. The predicted octanol–water partition coefficient (Wildman–Crippen LogP) is 1.83. The molecule has 0 spiro atoms. The molecule has 106 valence electrons. The van der Waals surface area contributed by atoms with Crippen molar-refractivity contribution < 1.29 is 9.53 Å². The first kappa shape index (κ1) is 15.4. The molecule has 1 aliphatic carbocycles. The van der Waals surface area contributed by atoms with Gasteiger partial charge in [-0.1, -0.05) is 26.2 Å². The van der Waals surface area contributed by atoms with Gasteiger partial charge in [0.05, 0.1) is 6.10 Å². The summed E-state index contributed by atoms with van der Waals surface area (Å²) >= 11 is 0. The summed E-state index contributed by atoms with van der Waals surface area (Å²) in [5.74, 6) is 0.425. The second-order valence-corrected chi connectivity index (χ2v) is 5.24. The van der Waals surface area contributed by atoms with Crippen LogP contribution in [0.15, 0.2) is 0 Å². The van der Waals surface area contributed by atoms with Gasteiger partial charge in [-0.05, 0) is 38.6 Å². The summed E-state index contributed by atoms with van der Waals surface area (Å²) in [5, 5.41) is 2.91. The minimum atomic E-state index is -0.362. The molecule has 3 N–H and O–H groups in total. The van der Waals surface area contributed by atoms with Gasteiger partial charge in [0, 0.05) is 6.54 Å². The molecule has 0 heterocycles. The fourth-order valence-corrected chi connectivity index (χ4v) is 2.48. The van der Waals surface area contributed by atoms with E-state index in [0.717, 1.165) is 32.2 Å². The maximum Gasteiger partial charge on any atom is 0.248 e. The summed E-state index contributed by atoms with van der Waals surface area (Å²) in [7, 11) is 0. The van der Waals surface area contributed by atoms with Crippen molar-refractivity contribution in [3.05, 3.63) is 0 Å². The van der Waals surface area contributed by atoms with Gasteiger partial charge < -0.3 is 15.8 Å². The Morgan fingerprint density at radius 3 is 2.83 bits per heavy atom. The molecule has 1 amide bonds. The third kappa shape index (κ3) is 4.94. The highest BCUT2D eigenvalue weighted by Gasteiger charge is 2.27. The van der Waals surface area contributed by atoms with E-state index in [1.807, 2.05) is 6.92 Å². The summed E-state index contributed by atoms with van der Waals surface area (Å²) in [6, 6.07) is 0. The molecular formula is C14H28N2O2. The molecule has 3 atom stereocenters. The summed E-state index contributed by atoms with van der Waals surface area (Å²) in [4.78, 5) is 11.8. The molecule has 1 saturated carbocycles. The second kappa shape index (κ2) is 8.48. The first-order valence-electron chi connectivity index (χ1n) is 7.32. The van der Waals surface area contributed by atoms with Crippen molar-refractivity contribution in [1.82, 2.24) is 5.32 Å². The van der Waals surface area contributed by atoms with Crippen LogP contribution in [-0.2, 0) is 9.53 Å². The lowest BCUT2D eigenvalue weighted by Gasteiger charge is -2.32. The zero-order valence-electron chi connectivity index (χ0n) is 11.8. The highest BCUT2D eigenvalue weighted by atomic mass is 16.5. The molecule has 0 aromatic carbocycles. The molecule has 0 aromatic rings. The van der Waals surface area contributed by atoms with Crippen molar-refractivity contribution in [3.8, 4) is 0 Å². The van der Waals surface area contributed by atoms with Crippen molar-refractivity contribution >= 4 is 5.91 Å². The molecule has 0 radical (unpaired) electrons.